The number of halogens is 2. The minimum atomic E-state index is 0.683. The minimum Gasteiger partial charge on any atom is -0.0831 e. The Bertz CT molecular complexity index is 269. The Morgan fingerprint density at radius 1 is 1.42 bits per heavy atom. The van der Waals surface area contributed by atoms with Crippen molar-refractivity contribution in [3.8, 4) is 0 Å². The summed E-state index contributed by atoms with van der Waals surface area (Å²) in [7, 11) is 0. The first-order chi connectivity index (χ1) is 5.59. The fourth-order valence-electron chi connectivity index (χ4n) is 1.14. The van der Waals surface area contributed by atoms with Crippen molar-refractivity contribution < 1.29 is 0 Å². The van der Waals surface area contributed by atoms with E-state index in [4.69, 9.17) is 11.6 Å². The van der Waals surface area contributed by atoms with Crippen LogP contribution in [0.15, 0.2) is 22.7 Å². The molecule has 1 aromatic carbocycles. The second kappa shape index (κ2) is 4.29. The SMILES string of the molecule is CC(C)Cc1ccc(Br)c(Cl)c1. The van der Waals surface area contributed by atoms with Gasteiger partial charge in [-0.1, -0.05) is 31.5 Å². The van der Waals surface area contributed by atoms with Gasteiger partial charge in [0.1, 0.15) is 0 Å². The van der Waals surface area contributed by atoms with Crippen molar-refractivity contribution in [2.24, 2.45) is 5.92 Å². The normalized spacial score (nSPS) is 10.8. The molecule has 1 rings (SSSR count). The van der Waals surface area contributed by atoms with Crippen molar-refractivity contribution >= 4 is 27.5 Å². The Hall–Kier alpha value is -0.0100. The fourth-order valence-corrected chi connectivity index (χ4v) is 1.59. The van der Waals surface area contributed by atoms with E-state index in [1.807, 2.05) is 12.1 Å². The first kappa shape index (κ1) is 10.1. The maximum atomic E-state index is 5.95. The average Bonchev–Trinajstić information content (AvgIpc) is 1.96. The Labute approximate surface area is 87.1 Å². The molecule has 0 bridgehead atoms. The summed E-state index contributed by atoms with van der Waals surface area (Å²) < 4.78 is 0.969. The molecule has 66 valence electrons. The quantitative estimate of drug-likeness (QED) is 0.731. The van der Waals surface area contributed by atoms with E-state index in [1.54, 1.807) is 0 Å². The molecule has 0 aliphatic carbocycles. The summed E-state index contributed by atoms with van der Waals surface area (Å²) in [6.45, 7) is 4.41. The van der Waals surface area contributed by atoms with E-state index in [0.29, 0.717) is 5.92 Å². The molecule has 0 unspecified atom stereocenters. The van der Waals surface area contributed by atoms with E-state index in [0.717, 1.165) is 15.9 Å². The molecule has 0 saturated heterocycles. The van der Waals surface area contributed by atoms with Crippen LogP contribution in [0, 0.1) is 5.92 Å². The molecular weight excluding hydrogens is 235 g/mol. The molecule has 0 aliphatic heterocycles. The van der Waals surface area contributed by atoms with Crippen LogP contribution in [-0.2, 0) is 6.42 Å². The lowest BCUT2D eigenvalue weighted by molar-refractivity contribution is 0.647. The zero-order valence-electron chi connectivity index (χ0n) is 7.27. The highest BCUT2D eigenvalue weighted by molar-refractivity contribution is 9.10. The van der Waals surface area contributed by atoms with Gasteiger partial charge in [0.2, 0.25) is 0 Å². The number of hydrogen-bond acceptors (Lipinski definition) is 0. The third-order valence-corrected chi connectivity index (χ3v) is 2.86. The number of benzene rings is 1. The summed E-state index contributed by atoms with van der Waals surface area (Å²) in [5, 5.41) is 0.799. The van der Waals surface area contributed by atoms with Crippen molar-refractivity contribution in [1.29, 1.82) is 0 Å². The molecule has 0 radical (unpaired) electrons. The summed E-state index contributed by atoms with van der Waals surface area (Å²) in [6.07, 6.45) is 1.09. The lowest BCUT2D eigenvalue weighted by atomic mass is 10.0. The standard InChI is InChI=1S/C10H12BrCl/c1-7(2)5-8-3-4-9(11)10(12)6-8/h3-4,6-7H,5H2,1-2H3. The fraction of sp³-hybridized carbons (Fsp3) is 0.400. The van der Waals surface area contributed by atoms with E-state index in [1.165, 1.54) is 5.56 Å². The van der Waals surface area contributed by atoms with Crippen molar-refractivity contribution in [1.82, 2.24) is 0 Å². The van der Waals surface area contributed by atoms with Crippen LogP contribution >= 0.6 is 27.5 Å². The van der Waals surface area contributed by atoms with Crippen molar-refractivity contribution in [3.63, 3.8) is 0 Å². The predicted molar refractivity (Wildman–Crippen MR) is 57.7 cm³/mol. The Balaban J connectivity index is 2.82. The minimum absolute atomic E-state index is 0.683. The van der Waals surface area contributed by atoms with E-state index in [9.17, 15) is 0 Å². The Kier molecular flexibility index (Phi) is 3.60. The molecule has 0 N–H and O–H groups in total. The second-order valence-corrected chi connectivity index (χ2v) is 4.61. The van der Waals surface area contributed by atoms with Gasteiger partial charge in [-0.2, -0.15) is 0 Å². The van der Waals surface area contributed by atoms with E-state index in [-0.39, 0.29) is 0 Å². The number of rotatable bonds is 2. The zero-order valence-corrected chi connectivity index (χ0v) is 9.61. The van der Waals surface area contributed by atoms with Crippen LogP contribution in [0.4, 0.5) is 0 Å². The first-order valence-corrected chi connectivity index (χ1v) is 5.20. The van der Waals surface area contributed by atoms with Gasteiger partial charge in [-0.05, 0) is 46.0 Å². The molecule has 0 nitrogen and oxygen atoms in total. The van der Waals surface area contributed by atoms with Gasteiger partial charge in [0.25, 0.3) is 0 Å². The van der Waals surface area contributed by atoms with Crippen LogP contribution in [0.1, 0.15) is 19.4 Å². The third kappa shape index (κ3) is 2.80. The van der Waals surface area contributed by atoms with Crippen molar-refractivity contribution in [2.75, 3.05) is 0 Å². The van der Waals surface area contributed by atoms with Crippen molar-refractivity contribution in [2.45, 2.75) is 20.3 Å². The highest BCUT2D eigenvalue weighted by Crippen LogP contribution is 2.24. The van der Waals surface area contributed by atoms with Crippen LogP contribution in [0.2, 0.25) is 5.02 Å². The summed E-state index contributed by atoms with van der Waals surface area (Å²) in [6, 6.07) is 6.13. The first-order valence-electron chi connectivity index (χ1n) is 4.03. The Morgan fingerprint density at radius 2 is 2.08 bits per heavy atom. The van der Waals surface area contributed by atoms with Gasteiger partial charge < -0.3 is 0 Å². The van der Waals surface area contributed by atoms with Crippen LogP contribution in [0.5, 0.6) is 0 Å². The summed E-state index contributed by atoms with van der Waals surface area (Å²) in [5.41, 5.74) is 1.30. The molecule has 0 aromatic heterocycles. The molecule has 0 atom stereocenters. The predicted octanol–water partition coefficient (Wildman–Crippen LogP) is 4.30. The van der Waals surface area contributed by atoms with Gasteiger partial charge in [-0.15, -0.1) is 0 Å². The van der Waals surface area contributed by atoms with Crippen LogP contribution in [0.25, 0.3) is 0 Å². The van der Waals surface area contributed by atoms with E-state index >= 15 is 0 Å². The smallest absolute Gasteiger partial charge is 0.0550 e. The second-order valence-electron chi connectivity index (χ2n) is 3.35. The molecule has 0 amide bonds. The molecule has 0 saturated carbocycles. The summed E-state index contributed by atoms with van der Waals surface area (Å²) in [4.78, 5) is 0. The van der Waals surface area contributed by atoms with Gasteiger partial charge in [0.05, 0.1) is 5.02 Å². The highest BCUT2D eigenvalue weighted by Gasteiger charge is 2.00. The monoisotopic (exact) mass is 246 g/mol. The van der Waals surface area contributed by atoms with Gasteiger partial charge in [0, 0.05) is 4.47 Å². The summed E-state index contributed by atoms with van der Waals surface area (Å²) in [5.74, 6) is 0.683. The molecule has 0 heterocycles. The lowest BCUT2D eigenvalue weighted by Crippen LogP contribution is -1.93. The van der Waals surface area contributed by atoms with E-state index < -0.39 is 0 Å². The summed E-state index contributed by atoms with van der Waals surface area (Å²) >= 11 is 9.31. The Morgan fingerprint density at radius 3 is 2.58 bits per heavy atom. The van der Waals surface area contributed by atoms with Gasteiger partial charge in [0.15, 0.2) is 0 Å². The van der Waals surface area contributed by atoms with Gasteiger partial charge in [-0.25, -0.2) is 0 Å². The number of hydrogen-bond donors (Lipinski definition) is 0. The average molecular weight is 248 g/mol. The lowest BCUT2D eigenvalue weighted by Gasteiger charge is -2.05. The molecule has 1 aromatic rings. The maximum absolute atomic E-state index is 5.95. The molecule has 2 heteroatoms. The molecule has 0 aliphatic rings. The van der Waals surface area contributed by atoms with Crippen LogP contribution in [-0.4, -0.2) is 0 Å². The maximum Gasteiger partial charge on any atom is 0.0550 e. The van der Waals surface area contributed by atoms with Crippen molar-refractivity contribution in [3.05, 3.63) is 33.3 Å². The van der Waals surface area contributed by atoms with Crippen LogP contribution in [0.3, 0.4) is 0 Å². The topological polar surface area (TPSA) is 0 Å². The zero-order chi connectivity index (χ0) is 9.14. The largest absolute Gasteiger partial charge is 0.0831 e. The van der Waals surface area contributed by atoms with Crippen LogP contribution < -0.4 is 0 Å². The third-order valence-electron chi connectivity index (χ3n) is 1.63. The molecule has 12 heavy (non-hydrogen) atoms. The molecule has 0 spiro atoms. The van der Waals surface area contributed by atoms with Gasteiger partial charge >= 0.3 is 0 Å². The van der Waals surface area contributed by atoms with E-state index in [2.05, 4.69) is 35.8 Å². The highest BCUT2D eigenvalue weighted by atomic mass is 79.9. The van der Waals surface area contributed by atoms with Gasteiger partial charge in [-0.3, -0.25) is 0 Å². The molecule has 0 fully saturated rings. The molecular formula is C10H12BrCl.